The van der Waals surface area contributed by atoms with Crippen LogP contribution in [0.25, 0.3) is 0 Å². The van der Waals surface area contributed by atoms with Gasteiger partial charge in [0.25, 0.3) is 0 Å². The normalized spacial score (nSPS) is 8.91. The van der Waals surface area contributed by atoms with E-state index in [0.29, 0.717) is 6.54 Å². The summed E-state index contributed by atoms with van der Waals surface area (Å²) < 4.78 is 3.76. The zero-order chi connectivity index (χ0) is 7.56. The first-order valence-corrected chi connectivity index (χ1v) is 3.19. The molecular weight excluding hydrogens is 144 g/mol. The van der Waals surface area contributed by atoms with Crippen molar-refractivity contribution in [2.45, 2.75) is 13.5 Å². The van der Waals surface area contributed by atoms with Crippen molar-refractivity contribution in [2.24, 2.45) is 7.05 Å². The van der Waals surface area contributed by atoms with Crippen LogP contribution >= 0.6 is 0 Å². The van der Waals surface area contributed by atoms with Crippen LogP contribution in [0.3, 0.4) is 0 Å². The number of nitrogens with zero attached hydrogens (tertiary/aromatic N) is 2. The predicted octanol–water partition coefficient (Wildman–Crippen LogP) is -0.275. The Labute approximate surface area is 65.4 Å². The van der Waals surface area contributed by atoms with Gasteiger partial charge in [-0.25, -0.2) is 9.13 Å². The minimum Gasteiger partial charge on any atom is -0.870 e. The summed E-state index contributed by atoms with van der Waals surface area (Å²) in [5.74, 6) is 0.177. The highest BCUT2D eigenvalue weighted by atomic mass is 16.1. The van der Waals surface area contributed by atoms with E-state index in [9.17, 15) is 4.79 Å². The summed E-state index contributed by atoms with van der Waals surface area (Å²) in [5, 5.41) is 0. The zero-order valence-electron chi connectivity index (χ0n) is 6.69. The highest BCUT2D eigenvalue weighted by Gasteiger charge is 2.01. The fourth-order valence-electron chi connectivity index (χ4n) is 0.852. The van der Waals surface area contributed by atoms with Gasteiger partial charge in [-0.15, -0.1) is 0 Å². The minimum atomic E-state index is 0. The average molecular weight is 156 g/mol. The van der Waals surface area contributed by atoms with E-state index in [4.69, 9.17) is 0 Å². The Hall–Kier alpha value is -1.16. The summed E-state index contributed by atoms with van der Waals surface area (Å²) in [6.07, 6.45) is 5.66. The van der Waals surface area contributed by atoms with E-state index in [1.165, 1.54) is 0 Å². The smallest absolute Gasteiger partial charge is 0.243 e. The van der Waals surface area contributed by atoms with Crippen LogP contribution in [0.2, 0.25) is 0 Å². The van der Waals surface area contributed by atoms with Gasteiger partial charge >= 0.3 is 0 Å². The average Bonchev–Trinajstić information content (AvgIpc) is 2.13. The number of aromatic nitrogens is 2. The zero-order valence-corrected chi connectivity index (χ0v) is 6.69. The van der Waals surface area contributed by atoms with Crippen LogP contribution in [0.1, 0.15) is 6.92 Å². The molecule has 0 fully saturated rings. The quantitative estimate of drug-likeness (QED) is 0.553. The molecule has 11 heavy (non-hydrogen) atoms. The molecule has 0 unspecified atom stereocenters. The van der Waals surface area contributed by atoms with Crippen molar-refractivity contribution in [3.8, 4) is 0 Å². The lowest BCUT2D eigenvalue weighted by molar-refractivity contribution is -0.671. The van der Waals surface area contributed by atoms with Crippen molar-refractivity contribution >= 4 is 5.78 Å². The molecule has 0 saturated heterocycles. The van der Waals surface area contributed by atoms with Gasteiger partial charge in [0.1, 0.15) is 18.9 Å². The topological polar surface area (TPSA) is 55.9 Å². The number of imidazole rings is 1. The lowest BCUT2D eigenvalue weighted by Gasteiger charge is -1.86. The van der Waals surface area contributed by atoms with Crippen LogP contribution in [0.15, 0.2) is 18.7 Å². The second-order valence-electron chi connectivity index (χ2n) is 2.45. The summed E-state index contributed by atoms with van der Waals surface area (Å²) in [7, 11) is 1.93. The Bertz CT molecular complexity index is 242. The van der Waals surface area contributed by atoms with Crippen LogP contribution in [0.4, 0.5) is 0 Å². The van der Waals surface area contributed by atoms with Crippen LogP contribution in [-0.4, -0.2) is 15.8 Å². The standard InChI is InChI=1S/C7H11N2O.H2O/c1-7(10)5-9-4-3-8(2)6-9;/h3-4,6H,5H2,1-2H3;1H2/q+1;/p-1. The van der Waals surface area contributed by atoms with E-state index in [1.807, 2.05) is 34.9 Å². The molecule has 0 aliphatic heterocycles. The van der Waals surface area contributed by atoms with Gasteiger partial charge < -0.3 is 5.48 Å². The van der Waals surface area contributed by atoms with Crippen LogP contribution in [0, 0.1) is 0 Å². The first-order chi connectivity index (χ1) is 4.68. The van der Waals surface area contributed by atoms with Gasteiger partial charge in [-0.05, 0) is 6.92 Å². The van der Waals surface area contributed by atoms with Crippen molar-refractivity contribution in [1.82, 2.24) is 4.57 Å². The third kappa shape index (κ3) is 2.95. The number of hydrogen-bond donors (Lipinski definition) is 0. The van der Waals surface area contributed by atoms with E-state index in [-0.39, 0.29) is 11.3 Å². The molecule has 1 rings (SSSR count). The van der Waals surface area contributed by atoms with Crippen LogP contribution in [-0.2, 0) is 18.4 Å². The molecule has 1 aromatic heterocycles. The number of rotatable bonds is 2. The SMILES string of the molecule is CC(=O)Cn1cc[n+](C)c1.[OH-]. The number of ketones is 1. The maximum absolute atomic E-state index is 10.6. The summed E-state index contributed by atoms with van der Waals surface area (Å²) >= 11 is 0. The molecule has 1 N–H and O–H groups in total. The molecule has 62 valence electrons. The summed E-state index contributed by atoms with van der Waals surface area (Å²) in [4.78, 5) is 10.6. The predicted molar refractivity (Wildman–Crippen MR) is 38.2 cm³/mol. The van der Waals surface area contributed by atoms with Gasteiger partial charge in [-0.1, -0.05) is 0 Å². The highest BCUT2D eigenvalue weighted by molar-refractivity contribution is 5.75. The van der Waals surface area contributed by atoms with Crippen molar-refractivity contribution in [2.75, 3.05) is 0 Å². The van der Waals surface area contributed by atoms with E-state index < -0.39 is 0 Å². The maximum atomic E-state index is 10.6. The molecule has 1 heterocycles. The summed E-state index contributed by atoms with van der Waals surface area (Å²) in [6.45, 7) is 2.06. The Morgan fingerprint density at radius 3 is 2.64 bits per heavy atom. The van der Waals surface area contributed by atoms with E-state index in [0.717, 1.165) is 0 Å². The summed E-state index contributed by atoms with van der Waals surface area (Å²) in [6, 6.07) is 0. The second kappa shape index (κ2) is 3.88. The monoisotopic (exact) mass is 156 g/mol. The van der Waals surface area contributed by atoms with Gasteiger partial charge in [-0.3, -0.25) is 4.79 Å². The Balaban J connectivity index is 0.000001000. The Kier molecular flexibility index (Phi) is 3.47. The molecule has 0 aliphatic rings. The maximum Gasteiger partial charge on any atom is 0.243 e. The largest absolute Gasteiger partial charge is 0.870 e. The molecule has 0 aromatic carbocycles. The molecule has 4 nitrogen and oxygen atoms in total. The van der Waals surface area contributed by atoms with Crippen LogP contribution < -0.4 is 4.57 Å². The summed E-state index contributed by atoms with van der Waals surface area (Å²) in [5.41, 5.74) is 0. The van der Waals surface area contributed by atoms with Crippen molar-refractivity contribution < 1.29 is 14.8 Å². The number of carbonyl (C=O) groups excluding carboxylic acids is 1. The highest BCUT2D eigenvalue weighted by Crippen LogP contribution is 1.83. The lowest BCUT2D eigenvalue weighted by atomic mass is 10.4. The first-order valence-electron chi connectivity index (χ1n) is 3.19. The minimum absolute atomic E-state index is 0. The van der Waals surface area contributed by atoms with Gasteiger partial charge in [0.05, 0.1) is 7.05 Å². The second-order valence-corrected chi connectivity index (χ2v) is 2.45. The molecule has 0 bridgehead atoms. The number of aryl methyl sites for hydroxylation is 1. The molecule has 0 aliphatic carbocycles. The van der Waals surface area contributed by atoms with Gasteiger partial charge in [0, 0.05) is 0 Å². The Morgan fingerprint density at radius 2 is 2.27 bits per heavy atom. The third-order valence-corrected chi connectivity index (χ3v) is 1.23. The molecular formula is C7H12N2O2. The fourth-order valence-corrected chi connectivity index (χ4v) is 0.852. The van der Waals surface area contributed by atoms with Crippen LogP contribution in [0.5, 0.6) is 0 Å². The number of Topliss-reactive ketones (excluding diaryl/α,β-unsaturated/α-hetero) is 1. The van der Waals surface area contributed by atoms with Crippen molar-refractivity contribution in [1.29, 1.82) is 0 Å². The molecule has 4 heteroatoms. The van der Waals surface area contributed by atoms with E-state index in [1.54, 1.807) is 6.92 Å². The van der Waals surface area contributed by atoms with Crippen molar-refractivity contribution in [3.63, 3.8) is 0 Å². The molecule has 0 saturated carbocycles. The first kappa shape index (κ1) is 9.84. The third-order valence-electron chi connectivity index (χ3n) is 1.23. The number of hydrogen-bond acceptors (Lipinski definition) is 2. The van der Waals surface area contributed by atoms with E-state index >= 15 is 0 Å². The van der Waals surface area contributed by atoms with Crippen molar-refractivity contribution in [3.05, 3.63) is 18.7 Å². The molecule has 0 atom stereocenters. The van der Waals surface area contributed by atoms with Gasteiger partial charge in [0.15, 0.2) is 5.78 Å². The molecule has 1 aromatic rings. The van der Waals surface area contributed by atoms with E-state index in [2.05, 4.69) is 0 Å². The fraction of sp³-hybridized carbons (Fsp3) is 0.429. The number of carbonyl (C=O) groups is 1. The molecule has 0 spiro atoms. The van der Waals surface area contributed by atoms with Gasteiger partial charge in [0.2, 0.25) is 6.33 Å². The lowest BCUT2D eigenvalue weighted by Crippen LogP contribution is -2.24. The molecule has 0 amide bonds. The van der Waals surface area contributed by atoms with Gasteiger partial charge in [-0.2, -0.15) is 0 Å². The molecule has 0 radical (unpaired) electrons. The Morgan fingerprint density at radius 1 is 1.64 bits per heavy atom.